The fraction of sp³-hybridized carbons (Fsp3) is 0.111. The molecule has 0 saturated heterocycles. The number of aliphatic imine (C=N–C) groups is 1. The number of thioether (sulfide) groups is 1. The van der Waals surface area contributed by atoms with E-state index >= 15 is 0 Å². The molecule has 1 aliphatic rings. The van der Waals surface area contributed by atoms with Crippen LogP contribution in [0.5, 0.6) is 0 Å². The molecule has 2 aromatic rings. The molecule has 1 aliphatic heterocycles. The first-order valence-corrected chi connectivity index (χ1v) is 8.62. The second-order valence-corrected chi connectivity index (χ2v) is 6.25. The summed E-state index contributed by atoms with van der Waals surface area (Å²) in [7, 11) is 0. The van der Waals surface area contributed by atoms with Crippen molar-refractivity contribution in [3.63, 3.8) is 0 Å². The second-order valence-electron chi connectivity index (χ2n) is 5.37. The molecular formula is C18H14N2O4S. The molecule has 0 radical (unpaired) electrons. The normalized spacial score (nSPS) is 15.2. The first-order chi connectivity index (χ1) is 12.0. The third-order valence-electron chi connectivity index (χ3n) is 3.69. The lowest BCUT2D eigenvalue weighted by Gasteiger charge is -2.01. The summed E-state index contributed by atoms with van der Waals surface area (Å²) in [4.78, 5) is 27.9. The zero-order valence-corrected chi connectivity index (χ0v) is 14.4. The Morgan fingerprint density at radius 1 is 1.20 bits per heavy atom. The maximum Gasteiger partial charge on any atom is 0.363 e. The van der Waals surface area contributed by atoms with E-state index in [0.29, 0.717) is 11.1 Å². The van der Waals surface area contributed by atoms with E-state index in [1.807, 2.05) is 30.5 Å². The molecule has 0 spiro atoms. The average Bonchev–Trinajstić information content (AvgIpc) is 2.96. The minimum atomic E-state index is -0.577. The molecule has 0 fully saturated rings. The van der Waals surface area contributed by atoms with Crippen molar-refractivity contribution in [1.82, 2.24) is 0 Å². The Kier molecular flexibility index (Phi) is 4.67. The van der Waals surface area contributed by atoms with Gasteiger partial charge in [-0.15, -0.1) is 11.8 Å². The van der Waals surface area contributed by atoms with E-state index in [1.54, 1.807) is 36.9 Å². The maximum atomic E-state index is 12.0. The molecule has 25 heavy (non-hydrogen) atoms. The summed E-state index contributed by atoms with van der Waals surface area (Å²) >= 11 is 1.63. The van der Waals surface area contributed by atoms with E-state index < -0.39 is 10.9 Å². The fourth-order valence-electron chi connectivity index (χ4n) is 2.33. The third-order valence-corrected chi connectivity index (χ3v) is 4.44. The van der Waals surface area contributed by atoms with Crippen LogP contribution in [0.1, 0.15) is 16.7 Å². The predicted molar refractivity (Wildman–Crippen MR) is 96.7 cm³/mol. The van der Waals surface area contributed by atoms with Gasteiger partial charge in [0.05, 0.1) is 4.92 Å². The number of nitrogens with zero attached hydrogens (tertiary/aromatic N) is 2. The van der Waals surface area contributed by atoms with Crippen LogP contribution in [0.2, 0.25) is 0 Å². The monoisotopic (exact) mass is 354 g/mol. The maximum absolute atomic E-state index is 12.0. The molecule has 0 N–H and O–H groups in total. The summed E-state index contributed by atoms with van der Waals surface area (Å²) in [5, 5.41) is 11.1. The van der Waals surface area contributed by atoms with Crippen LogP contribution in [0.3, 0.4) is 0 Å². The molecule has 2 aromatic carbocycles. The number of carbonyl (C=O) groups excluding carboxylic acids is 1. The number of ether oxygens (including phenoxy) is 1. The van der Waals surface area contributed by atoms with Gasteiger partial charge in [-0.05, 0) is 43.0 Å². The summed E-state index contributed by atoms with van der Waals surface area (Å²) in [6.45, 7) is 1.65. The minimum Gasteiger partial charge on any atom is -0.402 e. The van der Waals surface area contributed by atoms with E-state index in [2.05, 4.69) is 4.99 Å². The van der Waals surface area contributed by atoms with Gasteiger partial charge in [-0.25, -0.2) is 9.79 Å². The molecule has 0 amide bonds. The SMILES string of the molecule is CSc1ccc(/C=C2\N=C(c3ccc(C)c([N+](=O)[O-])c3)OC2=O)cc1. The van der Waals surface area contributed by atoms with Gasteiger partial charge in [0.1, 0.15) is 0 Å². The lowest BCUT2D eigenvalue weighted by atomic mass is 10.1. The molecule has 0 aromatic heterocycles. The zero-order valence-electron chi connectivity index (χ0n) is 13.6. The van der Waals surface area contributed by atoms with E-state index in [1.165, 1.54) is 6.07 Å². The minimum absolute atomic E-state index is 0.0404. The lowest BCUT2D eigenvalue weighted by molar-refractivity contribution is -0.385. The van der Waals surface area contributed by atoms with Gasteiger partial charge in [-0.2, -0.15) is 0 Å². The van der Waals surface area contributed by atoms with Gasteiger partial charge in [0.15, 0.2) is 5.70 Å². The van der Waals surface area contributed by atoms with Gasteiger partial charge < -0.3 is 4.74 Å². The molecule has 1 heterocycles. The molecule has 0 bridgehead atoms. The van der Waals surface area contributed by atoms with Crippen LogP contribution in [0, 0.1) is 17.0 Å². The highest BCUT2D eigenvalue weighted by atomic mass is 32.2. The van der Waals surface area contributed by atoms with Crippen molar-refractivity contribution >= 4 is 35.4 Å². The van der Waals surface area contributed by atoms with Crippen molar-refractivity contribution < 1.29 is 14.5 Å². The van der Waals surface area contributed by atoms with Crippen molar-refractivity contribution in [2.24, 2.45) is 4.99 Å². The zero-order chi connectivity index (χ0) is 18.0. The molecule has 126 valence electrons. The molecule has 3 rings (SSSR count). The number of carbonyl (C=O) groups is 1. The highest BCUT2D eigenvalue weighted by molar-refractivity contribution is 7.98. The van der Waals surface area contributed by atoms with Gasteiger partial charge in [0.25, 0.3) is 5.69 Å². The second kappa shape index (κ2) is 6.90. The Bertz CT molecular complexity index is 917. The Labute approximate surface area is 148 Å². The van der Waals surface area contributed by atoms with Crippen molar-refractivity contribution in [2.75, 3.05) is 6.26 Å². The summed E-state index contributed by atoms with van der Waals surface area (Å²) in [6.07, 6.45) is 3.61. The lowest BCUT2D eigenvalue weighted by Crippen LogP contribution is -2.06. The molecule has 0 saturated carbocycles. The topological polar surface area (TPSA) is 81.8 Å². The number of rotatable bonds is 4. The number of nitro groups is 1. The number of aryl methyl sites for hydroxylation is 1. The molecule has 7 heteroatoms. The van der Waals surface area contributed by atoms with Crippen molar-refractivity contribution in [3.05, 3.63) is 75.0 Å². The van der Waals surface area contributed by atoms with Crippen LogP contribution in [0.15, 0.2) is 58.0 Å². The van der Waals surface area contributed by atoms with Gasteiger partial charge in [0.2, 0.25) is 5.90 Å². The molecule has 0 aliphatic carbocycles. The molecule has 6 nitrogen and oxygen atoms in total. The van der Waals surface area contributed by atoms with Gasteiger partial charge >= 0.3 is 5.97 Å². The van der Waals surface area contributed by atoms with Gasteiger partial charge in [-0.1, -0.05) is 18.2 Å². The molecular weight excluding hydrogens is 340 g/mol. The smallest absolute Gasteiger partial charge is 0.363 e. The largest absolute Gasteiger partial charge is 0.402 e. The van der Waals surface area contributed by atoms with Crippen molar-refractivity contribution in [2.45, 2.75) is 11.8 Å². The number of esters is 1. The highest BCUT2D eigenvalue weighted by Crippen LogP contribution is 2.24. The summed E-state index contributed by atoms with van der Waals surface area (Å²) < 4.78 is 5.17. The first-order valence-electron chi connectivity index (χ1n) is 7.40. The van der Waals surface area contributed by atoms with Crippen LogP contribution in [-0.4, -0.2) is 23.0 Å². The van der Waals surface area contributed by atoms with E-state index in [4.69, 9.17) is 4.74 Å². The summed E-state index contributed by atoms with van der Waals surface area (Å²) in [6, 6.07) is 12.3. The predicted octanol–water partition coefficient (Wildman–Crippen LogP) is 3.97. The fourth-order valence-corrected chi connectivity index (χ4v) is 2.74. The Morgan fingerprint density at radius 3 is 2.56 bits per heavy atom. The number of hydrogen-bond donors (Lipinski definition) is 0. The van der Waals surface area contributed by atoms with Crippen molar-refractivity contribution in [3.8, 4) is 0 Å². The van der Waals surface area contributed by atoms with Crippen LogP contribution >= 0.6 is 11.8 Å². The van der Waals surface area contributed by atoms with Crippen molar-refractivity contribution in [1.29, 1.82) is 0 Å². The average molecular weight is 354 g/mol. The number of hydrogen-bond acceptors (Lipinski definition) is 6. The quantitative estimate of drug-likeness (QED) is 0.273. The highest BCUT2D eigenvalue weighted by Gasteiger charge is 2.25. The van der Waals surface area contributed by atoms with Crippen LogP contribution in [-0.2, 0) is 9.53 Å². The standard InChI is InChI=1S/C18H14N2O4S/c1-11-3-6-13(10-16(11)20(22)23)17-19-15(18(21)24-17)9-12-4-7-14(25-2)8-5-12/h3-10H,1-2H3/b15-9-. The number of nitro benzene ring substituents is 1. The Balaban J connectivity index is 1.93. The Hall–Kier alpha value is -2.93. The van der Waals surface area contributed by atoms with E-state index in [9.17, 15) is 14.9 Å². The number of cyclic esters (lactones) is 1. The van der Waals surface area contributed by atoms with Gasteiger partial charge in [-0.3, -0.25) is 10.1 Å². The first kappa shape index (κ1) is 16.9. The van der Waals surface area contributed by atoms with Crippen LogP contribution in [0.25, 0.3) is 6.08 Å². The summed E-state index contributed by atoms with van der Waals surface area (Å²) in [5.74, 6) is -0.507. The summed E-state index contributed by atoms with van der Waals surface area (Å²) in [5.41, 5.74) is 1.87. The van der Waals surface area contributed by atoms with E-state index in [-0.39, 0.29) is 17.3 Å². The molecule has 0 atom stereocenters. The van der Waals surface area contributed by atoms with Crippen LogP contribution in [0.4, 0.5) is 5.69 Å². The van der Waals surface area contributed by atoms with Crippen LogP contribution < -0.4 is 0 Å². The van der Waals surface area contributed by atoms with E-state index in [0.717, 1.165) is 10.5 Å². The molecule has 0 unspecified atom stereocenters. The Morgan fingerprint density at radius 2 is 1.92 bits per heavy atom. The third kappa shape index (κ3) is 3.61. The van der Waals surface area contributed by atoms with Gasteiger partial charge in [0, 0.05) is 22.1 Å². The number of benzene rings is 2.